The Hall–Kier alpha value is -3.75. The number of anilines is 1. The molecule has 150 valence electrons. The zero-order chi connectivity index (χ0) is 21.0. The number of nitro benzene ring substituents is 1. The number of para-hydroxylation sites is 1. The number of carbonyl (C=O) groups is 3. The Morgan fingerprint density at radius 2 is 1.97 bits per heavy atom. The zero-order valence-corrected chi connectivity index (χ0v) is 15.7. The normalized spacial score (nSPS) is 13.3. The van der Waals surface area contributed by atoms with E-state index in [-0.39, 0.29) is 17.2 Å². The van der Waals surface area contributed by atoms with Crippen molar-refractivity contribution in [2.24, 2.45) is 0 Å². The SMILES string of the molecule is C[C@H](OC(=O)CNC(=O)c1cccc([N+](=O)[O-])c1)C(=O)N1CCc2ccccc21. The molecule has 3 rings (SSSR count). The highest BCUT2D eigenvalue weighted by Crippen LogP contribution is 2.28. The first-order valence-electron chi connectivity index (χ1n) is 8.98. The van der Waals surface area contributed by atoms with Crippen LogP contribution >= 0.6 is 0 Å². The van der Waals surface area contributed by atoms with Crippen molar-refractivity contribution in [3.8, 4) is 0 Å². The third kappa shape index (κ3) is 4.57. The molecule has 0 bridgehead atoms. The van der Waals surface area contributed by atoms with Crippen molar-refractivity contribution < 1.29 is 24.0 Å². The minimum Gasteiger partial charge on any atom is -0.451 e. The molecule has 1 atom stereocenters. The smallest absolute Gasteiger partial charge is 0.326 e. The summed E-state index contributed by atoms with van der Waals surface area (Å²) < 4.78 is 5.13. The molecule has 0 radical (unpaired) electrons. The molecule has 1 heterocycles. The fourth-order valence-corrected chi connectivity index (χ4v) is 3.09. The number of carbonyl (C=O) groups excluding carboxylic acids is 3. The summed E-state index contributed by atoms with van der Waals surface area (Å²) in [5, 5.41) is 13.1. The number of nitrogens with zero attached hydrogens (tertiary/aromatic N) is 2. The summed E-state index contributed by atoms with van der Waals surface area (Å²) in [4.78, 5) is 48.4. The van der Waals surface area contributed by atoms with E-state index in [2.05, 4.69) is 5.32 Å². The van der Waals surface area contributed by atoms with Crippen LogP contribution in [0.5, 0.6) is 0 Å². The van der Waals surface area contributed by atoms with Crippen molar-refractivity contribution in [1.82, 2.24) is 5.32 Å². The van der Waals surface area contributed by atoms with Crippen LogP contribution in [0.4, 0.5) is 11.4 Å². The third-order valence-electron chi connectivity index (χ3n) is 4.52. The molecule has 1 aliphatic rings. The molecule has 0 aromatic heterocycles. The quantitative estimate of drug-likeness (QED) is 0.451. The van der Waals surface area contributed by atoms with Gasteiger partial charge in [-0.2, -0.15) is 0 Å². The fraction of sp³-hybridized carbons (Fsp3) is 0.250. The van der Waals surface area contributed by atoms with Crippen LogP contribution in [0.3, 0.4) is 0 Å². The monoisotopic (exact) mass is 397 g/mol. The predicted molar refractivity (Wildman–Crippen MR) is 103 cm³/mol. The van der Waals surface area contributed by atoms with Gasteiger partial charge in [-0.25, -0.2) is 0 Å². The third-order valence-corrected chi connectivity index (χ3v) is 4.52. The van der Waals surface area contributed by atoms with Crippen LogP contribution in [0.1, 0.15) is 22.8 Å². The van der Waals surface area contributed by atoms with Gasteiger partial charge in [0, 0.05) is 29.9 Å². The standard InChI is InChI=1S/C20H19N3O6/c1-13(20(26)22-10-9-14-5-2-3-8-17(14)22)29-18(24)12-21-19(25)15-6-4-7-16(11-15)23(27)28/h2-8,11,13H,9-10,12H2,1H3,(H,21,25)/t13-/m0/s1. The lowest BCUT2D eigenvalue weighted by Gasteiger charge is -2.21. The van der Waals surface area contributed by atoms with Crippen molar-refractivity contribution >= 4 is 29.2 Å². The second-order valence-corrected chi connectivity index (χ2v) is 6.49. The van der Waals surface area contributed by atoms with E-state index < -0.39 is 29.4 Å². The van der Waals surface area contributed by atoms with E-state index in [9.17, 15) is 24.5 Å². The number of nitro groups is 1. The second kappa shape index (κ2) is 8.51. The number of rotatable bonds is 6. The topological polar surface area (TPSA) is 119 Å². The number of non-ortho nitro benzene ring substituents is 1. The Labute approximate surface area is 166 Å². The zero-order valence-electron chi connectivity index (χ0n) is 15.7. The van der Waals surface area contributed by atoms with Gasteiger partial charge in [0.1, 0.15) is 6.54 Å². The summed E-state index contributed by atoms with van der Waals surface area (Å²) in [6.45, 7) is 1.53. The Balaban J connectivity index is 1.53. The number of benzene rings is 2. The molecule has 0 saturated carbocycles. The molecular weight excluding hydrogens is 378 g/mol. The molecular formula is C20H19N3O6. The van der Waals surface area contributed by atoms with Gasteiger partial charge in [0.15, 0.2) is 6.10 Å². The van der Waals surface area contributed by atoms with Crippen molar-refractivity contribution in [2.75, 3.05) is 18.0 Å². The number of fused-ring (bicyclic) bond motifs is 1. The summed E-state index contributed by atoms with van der Waals surface area (Å²) in [6, 6.07) is 12.7. The molecule has 0 fully saturated rings. The van der Waals surface area contributed by atoms with E-state index in [4.69, 9.17) is 4.74 Å². The molecule has 9 heteroatoms. The average molecular weight is 397 g/mol. The van der Waals surface area contributed by atoms with Crippen LogP contribution in [0.2, 0.25) is 0 Å². The van der Waals surface area contributed by atoms with Gasteiger partial charge in [0.2, 0.25) is 0 Å². The highest BCUT2D eigenvalue weighted by Gasteiger charge is 2.29. The van der Waals surface area contributed by atoms with Crippen LogP contribution in [0.25, 0.3) is 0 Å². The largest absolute Gasteiger partial charge is 0.451 e. The minimum atomic E-state index is -1.01. The lowest BCUT2D eigenvalue weighted by molar-refractivity contribution is -0.384. The van der Waals surface area contributed by atoms with E-state index in [0.717, 1.165) is 23.7 Å². The molecule has 0 spiro atoms. The number of hydrogen-bond donors (Lipinski definition) is 1. The van der Waals surface area contributed by atoms with Gasteiger partial charge in [0.05, 0.1) is 4.92 Å². The molecule has 1 aliphatic heterocycles. The summed E-state index contributed by atoms with van der Waals surface area (Å²) in [5.41, 5.74) is 1.68. The van der Waals surface area contributed by atoms with Crippen molar-refractivity contribution in [3.05, 3.63) is 69.8 Å². The lowest BCUT2D eigenvalue weighted by atomic mass is 10.2. The summed E-state index contributed by atoms with van der Waals surface area (Å²) in [6.07, 6.45) is -0.273. The van der Waals surface area contributed by atoms with Crippen LogP contribution in [0.15, 0.2) is 48.5 Å². The Kier molecular flexibility index (Phi) is 5.87. The second-order valence-electron chi connectivity index (χ2n) is 6.49. The van der Waals surface area contributed by atoms with Crippen LogP contribution in [0, 0.1) is 10.1 Å². The maximum Gasteiger partial charge on any atom is 0.326 e. The fourth-order valence-electron chi connectivity index (χ4n) is 3.09. The number of amides is 2. The van der Waals surface area contributed by atoms with Gasteiger partial charge in [-0.1, -0.05) is 24.3 Å². The summed E-state index contributed by atoms with van der Waals surface area (Å²) >= 11 is 0. The Morgan fingerprint density at radius 3 is 2.72 bits per heavy atom. The molecule has 2 aromatic carbocycles. The minimum absolute atomic E-state index is 0.0461. The van der Waals surface area contributed by atoms with Crippen molar-refractivity contribution in [1.29, 1.82) is 0 Å². The average Bonchev–Trinajstić information content (AvgIpc) is 3.15. The van der Waals surface area contributed by atoms with Crippen LogP contribution in [-0.4, -0.2) is 41.9 Å². The van der Waals surface area contributed by atoms with Gasteiger partial charge in [-0.3, -0.25) is 24.5 Å². The maximum absolute atomic E-state index is 12.6. The molecule has 1 N–H and O–H groups in total. The molecule has 29 heavy (non-hydrogen) atoms. The first kappa shape index (κ1) is 20.0. The van der Waals surface area contributed by atoms with Gasteiger partial charge in [-0.15, -0.1) is 0 Å². The highest BCUT2D eigenvalue weighted by molar-refractivity contribution is 6.00. The lowest BCUT2D eigenvalue weighted by Crippen LogP contribution is -2.41. The number of ether oxygens (including phenoxy) is 1. The molecule has 2 amide bonds. The molecule has 9 nitrogen and oxygen atoms in total. The summed E-state index contributed by atoms with van der Waals surface area (Å²) in [7, 11) is 0. The Bertz CT molecular complexity index is 974. The van der Waals surface area contributed by atoms with E-state index in [0.29, 0.717) is 6.54 Å². The van der Waals surface area contributed by atoms with Gasteiger partial charge >= 0.3 is 5.97 Å². The number of hydrogen-bond acceptors (Lipinski definition) is 6. The first-order valence-corrected chi connectivity index (χ1v) is 8.98. The molecule has 0 saturated heterocycles. The first-order chi connectivity index (χ1) is 13.9. The number of nitrogens with one attached hydrogen (secondary N) is 1. The predicted octanol–water partition coefficient (Wildman–Crippen LogP) is 1.85. The van der Waals surface area contributed by atoms with Gasteiger partial charge < -0.3 is 15.0 Å². The molecule has 0 unspecified atom stereocenters. The van der Waals surface area contributed by atoms with E-state index in [1.807, 2.05) is 24.3 Å². The van der Waals surface area contributed by atoms with E-state index in [1.54, 1.807) is 4.90 Å². The van der Waals surface area contributed by atoms with Gasteiger partial charge in [0.25, 0.3) is 17.5 Å². The Morgan fingerprint density at radius 1 is 1.21 bits per heavy atom. The number of esters is 1. The van der Waals surface area contributed by atoms with Crippen LogP contribution < -0.4 is 10.2 Å². The van der Waals surface area contributed by atoms with Gasteiger partial charge in [-0.05, 0) is 31.0 Å². The van der Waals surface area contributed by atoms with Crippen molar-refractivity contribution in [3.63, 3.8) is 0 Å². The van der Waals surface area contributed by atoms with E-state index >= 15 is 0 Å². The maximum atomic E-state index is 12.6. The molecule has 0 aliphatic carbocycles. The highest BCUT2D eigenvalue weighted by atomic mass is 16.6. The summed E-state index contributed by atoms with van der Waals surface area (Å²) in [5.74, 6) is -1.77. The van der Waals surface area contributed by atoms with E-state index in [1.165, 1.54) is 25.1 Å². The molecule has 2 aromatic rings. The van der Waals surface area contributed by atoms with Crippen molar-refractivity contribution in [2.45, 2.75) is 19.4 Å². The van der Waals surface area contributed by atoms with Crippen LogP contribution in [-0.2, 0) is 20.7 Å².